The first kappa shape index (κ1) is 30.2. The smallest absolute Gasteiger partial charge is 0.419 e. The summed E-state index contributed by atoms with van der Waals surface area (Å²) in [7, 11) is 1.19. The van der Waals surface area contributed by atoms with Gasteiger partial charge in [0.2, 0.25) is 5.91 Å². The number of methoxy groups -OCH3 is 1. The molecular weight excluding hydrogens is 574 g/mol. The van der Waals surface area contributed by atoms with Crippen LogP contribution in [-0.4, -0.2) is 25.0 Å². The molecule has 0 aromatic heterocycles. The molecule has 0 saturated heterocycles. The number of benzene rings is 3. The van der Waals surface area contributed by atoms with E-state index in [1.54, 1.807) is 0 Å². The highest BCUT2D eigenvalue weighted by Crippen LogP contribution is 2.53. The molecule has 2 aliphatic rings. The first-order valence-electron chi connectivity index (χ1n) is 13.7. The van der Waals surface area contributed by atoms with Crippen molar-refractivity contribution in [2.24, 2.45) is 17.8 Å². The number of anilines is 1. The number of ether oxygens (including phenoxy) is 1. The number of carbonyl (C=O) groups excluding carboxylic acids is 2. The fourth-order valence-electron chi connectivity index (χ4n) is 6.24. The molecule has 0 radical (unpaired) electrons. The van der Waals surface area contributed by atoms with Crippen LogP contribution < -0.4 is 15.4 Å². The van der Waals surface area contributed by atoms with Crippen molar-refractivity contribution in [2.75, 3.05) is 12.4 Å². The Morgan fingerprint density at radius 2 is 1.67 bits per heavy atom. The van der Waals surface area contributed by atoms with Gasteiger partial charge in [-0.2, -0.15) is 13.2 Å². The van der Waals surface area contributed by atoms with E-state index in [2.05, 4.69) is 10.6 Å². The van der Waals surface area contributed by atoms with E-state index in [0.29, 0.717) is 31.0 Å². The number of halogens is 6. The van der Waals surface area contributed by atoms with Gasteiger partial charge in [0.25, 0.3) is 5.91 Å². The zero-order valence-corrected chi connectivity index (χ0v) is 23.2. The zero-order valence-electron chi connectivity index (χ0n) is 23.2. The van der Waals surface area contributed by atoms with Crippen LogP contribution in [0, 0.1) is 35.2 Å². The number of hydrogen-bond donors (Lipinski definition) is 2. The Bertz CT molecular complexity index is 1600. The summed E-state index contributed by atoms with van der Waals surface area (Å²) in [4.78, 5) is 27.1. The first-order chi connectivity index (χ1) is 20.4. The van der Waals surface area contributed by atoms with Crippen LogP contribution in [0.15, 0.2) is 60.2 Å². The second-order valence-corrected chi connectivity index (χ2v) is 10.7. The topological polar surface area (TPSA) is 67.4 Å². The molecule has 0 aliphatic heterocycles. The Morgan fingerprint density at radius 1 is 0.953 bits per heavy atom. The van der Waals surface area contributed by atoms with E-state index >= 15 is 0 Å². The van der Waals surface area contributed by atoms with Crippen LogP contribution in [-0.2, 0) is 17.4 Å². The molecule has 2 amide bonds. The second-order valence-electron chi connectivity index (χ2n) is 10.7. The lowest BCUT2D eigenvalue weighted by atomic mass is 9.83. The number of nitrogens with one attached hydrogen (secondary N) is 2. The van der Waals surface area contributed by atoms with Crippen molar-refractivity contribution in [3.05, 3.63) is 99.9 Å². The van der Waals surface area contributed by atoms with Crippen molar-refractivity contribution in [2.45, 2.75) is 38.4 Å². The van der Waals surface area contributed by atoms with Gasteiger partial charge in [-0.15, -0.1) is 0 Å². The van der Waals surface area contributed by atoms with E-state index in [-0.39, 0.29) is 28.8 Å². The Kier molecular flexibility index (Phi) is 8.27. The molecule has 0 spiro atoms. The number of amides is 2. The van der Waals surface area contributed by atoms with Gasteiger partial charge in [-0.05, 0) is 60.6 Å². The minimum Gasteiger partial charge on any atom is -0.496 e. The summed E-state index contributed by atoms with van der Waals surface area (Å²) in [6.07, 6.45) is -1.00. The maximum atomic E-state index is 14.1. The highest BCUT2D eigenvalue weighted by molar-refractivity contribution is 5.99. The second kappa shape index (κ2) is 11.8. The van der Waals surface area contributed by atoms with Crippen molar-refractivity contribution < 1.29 is 40.7 Å². The van der Waals surface area contributed by atoms with Crippen molar-refractivity contribution >= 4 is 23.6 Å². The van der Waals surface area contributed by atoms with Crippen LogP contribution in [0.1, 0.15) is 46.8 Å². The number of aryl methyl sites for hydroxylation is 1. The van der Waals surface area contributed by atoms with E-state index in [1.165, 1.54) is 7.11 Å². The van der Waals surface area contributed by atoms with Crippen LogP contribution in [0.4, 0.5) is 32.0 Å². The molecule has 0 heterocycles. The molecule has 5 rings (SSSR count). The third kappa shape index (κ3) is 5.98. The SMILES string of the molecule is CCc1cccc(/C=C2\C3CCC2[C@H](C(=O)Nc2ccc(F)c(C(F)(F)F)c2)[C@@H]3NC(=O)c2cc(F)c(F)cc2OC)c1. The average molecular weight is 603 g/mol. The lowest BCUT2D eigenvalue weighted by molar-refractivity contribution is -0.140. The molecule has 2 N–H and O–H groups in total. The van der Waals surface area contributed by atoms with E-state index < -0.39 is 53.0 Å². The van der Waals surface area contributed by atoms with E-state index in [0.717, 1.165) is 35.3 Å². The Hall–Kier alpha value is -4.28. The lowest BCUT2D eigenvalue weighted by Gasteiger charge is -2.30. The minimum absolute atomic E-state index is 0.210. The van der Waals surface area contributed by atoms with Gasteiger partial charge >= 0.3 is 6.18 Å². The molecule has 3 aromatic carbocycles. The Balaban J connectivity index is 1.51. The van der Waals surface area contributed by atoms with Crippen LogP contribution in [0.25, 0.3) is 6.08 Å². The minimum atomic E-state index is -4.97. The van der Waals surface area contributed by atoms with Crippen LogP contribution in [0.2, 0.25) is 0 Å². The van der Waals surface area contributed by atoms with Crippen molar-refractivity contribution in [3.8, 4) is 5.75 Å². The molecule has 226 valence electrons. The summed E-state index contributed by atoms with van der Waals surface area (Å²) in [6.45, 7) is 2.02. The summed E-state index contributed by atoms with van der Waals surface area (Å²) in [5, 5.41) is 5.27. The number of carbonyl (C=O) groups is 2. The van der Waals surface area contributed by atoms with E-state index in [9.17, 15) is 35.9 Å². The molecule has 3 aromatic rings. The maximum absolute atomic E-state index is 14.1. The quantitative estimate of drug-likeness (QED) is 0.282. The van der Waals surface area contributed by atoms with Gasteiger partial charge in [0.05, 0.1) is 24.2 Å². The van der Waals surface area contributed by atoms with Gasteiger partial charge in [-0.3, -0.25) is 9.59 Å². The monoisotopic (exact) mass is 602 g/mol. The third-order valence-electron chi connectivity index (χ3n) is 8.22. The third-order valence-corrected chi connectivity index (χ3v) is 8.22. The normalized spacial score (nSPS) is 22.1. The fourth-order valence-corrected chi connectivity index (χ4v) is 6.24. The van der Waals surface area contributed by atoms with Crippen molar-refractivity contribution in [1.82, 2.24) is 5.32 Å². The summed E-state index contributed by atoms with van der Waals surface area (Å²) in [5.41, 5.74) is 0.831. The zero-order chi connectivity index (χ0) is 31.1. The summed E-state index contributed by atoms with van der Waals surface area (Å²) >= 11 is 0. The maximum Gasteiger partial charge on any atom is 0.419 e. The van der Waals surface area contributed by atoms with Gasteiger partial charge in [-0.25, -0.2) is 13.2 Å². The standard InChI is InChI=1S/C32H28F6N2O3/c1-3-16-5-4-6-17(11-16)12-21-19-8-9-20(21)29(40-30(41)22-14-25(34)26(35)15-27(22)43-2)28(19)31(42)39-18-7-10-24(33)23(13-18)32(36,37)38/h4-7,10-15,19-20,28-29H,3,8-9H2,1-2H3,(H,39,42)(H,40,41)/b21-12-/t19?,20?,28-,29+/m0/s1. The van der Waals surface area contributed by atoms with Gasteiger partial charge in [-0.1, -0.05) is 42.8 Å². The van der Waals surface area contributed by atoms with Gasteiger partial charge in [0.1, 0.15) is 11.6 Å². The Labute approximate surface area is 243 Å². The molecule has 43 heavy (non-hydrogen) atoms. The summed E-state index contributed by atoms with van der Waals surface area (Å²) < 4.78 is 86.8. The molecule has 2 unspecified atom stereocenters. The fraction of sp³-hybridized carbons (Fsp3) is 0.312. The Morgan fingerprint density at radius 3 is 2.37 bits per heavy atom. The molecular formula is C32H28F6N2O3. The number of alkyl halides is 3. The highest BCUT2D eigenvalue weighted by atomic mass is 19.4. The lowest BCUT2D eigenvalue weighted by Crippen LogP contribution is -2.48. The van der Waals surface area contributed by atoms with Crippen molar-refractivity contribution in [3.63, 3.8) is 0 Å². The molecule has 4 atom stereocenters. The largest absolute Gasteiger partial charge is 0.496 e. The molecule has 2 saturated carbocycles. The molecule has 11 heteroatoms. The van der Waals surface area contributed by atoms with E-state index in [4.69, 9.17) is 4.74 Å². The summed E-state index contributed by atoms with van der Waals surface area (Å²) in [6, 6.07) is 10.6. The molecule has 2 aliphatic carbocycles. The predicted octanol–water partition coefficient (Wildman–Crippen LogP) is 7.17. The van der Waals surface area contributed by atoms with Crippen LogP contribution in [0.5, 0.6) is 5.75 Å². The van der Waals surface area contributed by atoms with Gasteiger partial charge in [0, 0.05) is 23.7 Å². The van der Waals surface area contributed by atoms with Crippen LogP contribution >= 0.6 is 0 Å². The van der Waals surface area contributed by atoms with E-state index in [1.807, 2.05) is 37.3 Å². The molecule has 5 nitrogen and oxygen atoms in total. The van der Waals surface area contributed by atoms with Gasteiger partial charge in [0.15, 0.2) is 11.6 Å². The number of hydrogen-bond acceptors (Lipinski definition) is 3. The summed E-state index contributed by atoms with van der Waals surface area (Å²) in [5.74, 6) is -7.22. The van der Waals surface area contributed by atoms with Crippen LogP contribution in [0.3, 0.4) is 0 Å². The number of rotatable bonds is 7. The average Bonchev–Trinajstić information content (AvgIpc) is 3.48. The van der Waals surface area contributed by atoms with Crippen molar-refractivity contribution in [1.29, 1.82) is 0 Å². The molecule has 2 fully saturated rings. The van der Waals surface area contributed by atoms with Gasteiger partial charge < -0.3 is 15.4 Å². The highest BCUT2D eigenvalue weighted by Gasteiger charge is 2.54. The molecule has 2 bridgehead atoms. The first-order valence-corrected chi connectivity index (χ1v) is 13.7. The number of fused-ring (bicyclic) bond motifs is 2. The predicted molar refractivity (Wildman–Crippen MR) is 148 cm³/mol.